The van der Waals surface area contributed by atoms with Gasteiger partial charge in [0.2, 0.25) is 0 Å². The topological polar surface area (TPSA) is 71.7 Å². The maximum atomic E-state index is 5.70. The fourth-order valence-corrected chi connectivity index (χ4v) is 2.45. The van der Waals surface area contributed by atoms with Crippen LogP contribution >= 0.6 is 15.9 Å². The number of hydrogen-bond donors (Lipinski definition) is 2. The Labute approximate surface area is 157 Å². The van der Waals surface area contributed by atoms with Crippen LogP contribution in [-0.4, -0.2) is 30.8 Å². The molecule has 0 unspecified atom stereocenters. The molecule has 7 heteroatoms. The van der Waals surface area contributed by atoms with Crippen LogP contribution in [0.4, 0.5) is 0 Å². The number of halogens is 1. The number of aliphatic imine (C=N–C) groups is 1. The lowest BCUT2D eigenvalue weighted by Crippen LogP contribution is -2.39. The zero-order valence-corrected chi connectivity index (χ0v) is 16.5. The van der Waals surface area contributed by atoms with E-state index in [-0.39, 0.29) is 0 Å². The summed E-state index contributed by atoms with van der Waals surface area (Å²) >= 11 is 3.43. The third kappa shape index (κ3) is 6.78. The second-order valence-electron chi connectivity index (χ2n) is 5.80. The lowest BCUT2D eigenvalue weighted by atomic mass is 10.1. The summed E-state index contributed by atoms with van der Waals surface area (Å²) in [6.45, 7) is 8.62. The van der Waals surface area contributed by atoms with Crippen molar-refractivity contribution >= 4 is 21.9 Å². The van der Waals surface area contributed by atoms with Crippen LogP contribution in [0.25, 0.3) is 0 Å². The molecule has 0 saturated carbocycles. The summed E-state index contributed by atoms with van der Waals surface area (Å²) in [5, 5.41) is 10.5. The molecule has 136 valence electrons. The summed E-state index contributed by atoms with van der Waals surface area (Å²) in [5.74, 6) is 2.66. The quantitative estimate of drug-likeness (QED) is 0.395. The molecule has 1 aromatic carbocycles. The molecular formula is C18H25BrN4O2. The van der Waals surface area contributed by atoms with Crippen molar-refractivity contribution in [2.75, 3.05) is 19.7 Å². The second kappa shape index (κ2) is 10.1. The van der Waals surface area contributed by atoms with Crippen LogP contribution in [0.15, 0.2) is 44.3 Å². The highest BCUT2D eigenvalue weighted by molar-refractivity contribution is 9.10. The molecule has 2 N–H and O–H groups in total. The van der Waals surface area contributed by atoms with Gasteiger partial charge in [0.1, 0.15) is 18.9 Å². The summed E-state index contributed by atoms with van der Waals surface area (Å²) in [5.41, 5.74) is 0.950. The van der Waals surface area contributed by atoms with E-state index in [4.69, 9.17) is 9.26 Å². The van der Waals surface area contributed by atoms with Crippen molar-refractivity contribution in [3.8, 4) is 5.75 Å². The molecule has 1 heterocycles. The predicted octanol–water partition coefficient (Wildman–Crippen LogP) is 3.69. The van der Waals surface area contributed by atoms with E-state index in [9.17, 15) is 0 Å². The van der Waals surface area contributed by atoms with Crippen molar-refractivity contribution in [2.45, 2.75) is 33.2 Å². The molecule has 0 aliphatic rings. The van der Waals surface area contributed by atoms with E-state index in [0.29, 0.717) is 25.6 Å². The van der Waals surface area contributed by atoms with Crippen molar-refractivity contribution in [3.63, 3.8) is 0 Å². The zero-order valence-electron chi connectivity index (χ0n) is 14.9. The van der Waals surface area contributed by atoms with Gasteiger partial charge in [0, 0.05) is 17.1 Å². The summed E-state index contributed by atoms with van der Waals surface area (Å²) in [7, 11) is 0. The van der Waals surface area contributed by atoms with Crippen molar-refractivity contribution < 1.29 is 9.26 Å². The minimum Gasteiger partial charge on any atom is -0.492 e. The van der Waals surface area contributed by atoms with Crippen LogP contribution in [-0.2, 0) is 6.54 Å². The second-order valence-corrected chi connectivity index (χ2v) is 6.72. The largest absolute Gasteiger partial charge is 0.492 e. The van der Waals surface area contributed by atoms with Gasteiger partial charge in [0.25, 0.3) is 0 Å². The van der Waals surface area contributed by atoms with Crippen LogP contribution in [0.5, 0.6) is 5.75 Å². The number of aromatic nitrogens is 1. The maximum Gasteiger partial charge on any atom is 0.191 e. The fraction of sp³-hybridized carbons (Fsp3) is 0.444. The molecule has 0 aliphatic heterocycles. The summed E-state index contributed by atoms with van der Waals surface area (Å²) in [4.78, 5) is 4.51. The molecule has 2 aromatic rings. The molecule has 0 saturated heterocycles. The lowest BCUT2D eigenvalue weighted by molar-refractivity contribution is 0.321. The Balaban J connectivity index is 1.80. The molecule has 0 bridgehead atoms. The van der Waals surface area contributed by atoms with Crippen LogP contribution < -0.4 is 15.4 Å². The molecule has 6 nitrogen and oxygen atoms in total. The molecule has 0 radical (unpaired) electrons. The van der Waals surface area contributed by atoms with Gasteiger partial charge in [-0.05, 0) is 31.0 Å². The minimum absolute atomic E-state index is 0.350. The third-order valence-electron chi connectivity index (χ3n) is 3.37. The normalized spacial score (nSPS) is 11.6. The SMILES string of the molecule is CCNC(=NCc1cc(C(C)C)no1)NCCOc1cccc(Br)c1. The number of nitrogens with zero attached hydrogens (tertiary/aromatic N) is 2. The van der Waals surface area contributed by atoms with E-state index in [1.54, 1.807) is 0 Å². The van der Waals surface area contributed by atoms with Crippen LogP contribution in [0.3, 0.4) is 0 Å². The maximum absolute atomic E-state index is 5.70. The summed E-state index contributed by atoms with van der Waals surface area (Å²) in [6.07, 6.45) is 0. The average Bonchev–Trinajstić information content (AvgIpc) is 3.06. The van der Waals surface area contributed by atoms with E-state index in [1.165, 1.54) is 0 Å². The van der Waals surface area contributed by atoms with E-state index in [2.05, 4.69) is 50.6 Å². The van der Waals surface area contributed by atoms with Crippen LogP contribution in [0, 0.1) is 0 Å². The number of ether oxygens (including phenoxy) is 1. The first-order valence-corrected chi connectivity index (χ1v) is 9.23. The van der Waals surface area contributed by atoms with Crippen molar-refractivity contribution in [1.29, 1.82) is 0 Å². The molecular weight excluding hydrogens is 384 g/mol. The Morgan fingerprint density at radius 2 is 2.16 bits per heavy atom. The van der Waals surface area contributed by atoms with Crippen LogP contribution in [0.2, 0.25) is 0 Å². The molecule has 1 aromatic heterocycles. The van der Waals surface area contributed by atoms with Crippen molar-refractivity contribution in [1.82, 2.24) is 15.8 Å². The van der Waals surface area contributed by atoms with Gasteiger partial charge in [0.15, 0.2) is 11.7 Å². The highest BCUT2D eigenvalue weighted by atomic mass is 79.9. The van der Waals surface area contributed by atoms with Gasteiger partial charge in [0.05, 0.1) is 12.2 Å². The third-order valence-corrected chi connectivity index (χ3v) is 3.86. The molecule has 0 spiro atoms. The van der Waals surface area contributed by atoms with E-state index in [0.717, 1.165) is 34.2 Å². The number of hydrogen-bond acceptors (Lipinski definition) is 4. The molecule has 2 rings (SSSR count). The number of guanidine groups is 1. The van der Waals surface area contributed by atoms with Gasteiger partial charge in [-0.3, -0.25) is 0 Å². The Morgan fingerprint density at radius 3 is 2.84 bits per heavy atom. The van der Waals surface area contributed by atoms with Gasteiger partial charge in [-0.1, -0.05) is 41.0 Å². The van der Waals surface area contributed by atoms with Crippen molar-refractivity contribution in [2.24, 2.45) is 4.99 Å². The zero-order chi connectivity index (χ0) is 18.1. The first-order chi connectivity index (χ1) is 12.1. The van der Waals surface area contributed by atoms with Gasteiger partial charge >= 0.3 is 0 Å². The van der Waals surface area contributed by atoms with Gasteiger partial charge in [-0.15, -0.1) is 0 Å². The Bertz CT molecular complexity index is 685. The molecule has 25 heavy (non-hydrogen) atoms. The van der Waals surface area contributed by atoms with E-state index < -0.39 is 0 Å². The minimum atomic E-state index is 0.350. The first-order valence-electron chi connectivity index (χ1n) is 8.44. The Hall–Kier alpha value is -2.02. The van der Waals surface area contributed by atoms with Crippen LogP contribution in [0.1, 0.15) is 38.1 Å². The summed E-state index contributed by atoms with van der Waals surface area (Å²) < 4.78 is 12.0. The molecule has 0 fully saturated rings. The number of rotatable bonds is 8. The number of nitrogens with one attached hydrogen (secondary N) is 2. The van der Waals surface area contributed by atoms with Gasteiger partial charge in [-0.25, -0.2) is 4.99 Å². The lowest BCUT2D eigenvalue weighted by Gasteiger charge is -2.11. The Morgan fingerprint density at radius 1 is 1.32 bits per heavy atom. The highest BCUT2D eigenvalue weighted by Gasteiger charge is 2.07. The fourth-order valence-electron chi connectivity index (χ4n) is 2.07. The van der Waals surface area contributed by atoms with E-state index >= 15 is 0 Å². The Kier molecular flexibility index (Phi) is 7.78. The first kappa shape index (κ1) is 19.3. The molecule has 0 atom stereocenters. The van der Waals surface area contributed by atoms with Crippen molar-refractivity contribution in [3.05, 3.63) is 46.3 Å². The standard InChI is InChI=1S/C18H25BrN4O2/c1-4-20-18(22-12-16-11-17(13(2)3)23-25-16)21-8-9-24-15-7-5-6-14(19)10-15/h5-7,10-11,13H,4,8-9,12H2,1-3H3,(H2,20,21,22). The predicted molar refractivity (Wildman–Crippen MR) is 103 cm³/mol. The smallest absolute Gasteiger partial charge is 0.191 e. The molecule has 0 amide bonds. The average molecular weight is 409 g/mol. The molecule has 0 aliphatic carbocycles. The highest BCUT2D eigenvalue weighted by Crippen LogP contribution is 2.17. The van der Waals surface area contributed by atoms with Gasteiger partial charge < -0.3 is 19.9 Å². The van der Waals surface area contributed by atoms with Gasteiger partial charge in [-0.2, -0.15) is 0 Å². The monoisotopic (exact) mass is 408 g/mol. The van der Waals surface area contributed by atoms with E-state index in [1.807, 2.05) is 37.3 Å². The number of benzene rings is 1. The summed E-state index contributed by atoms with van der Waals surface area (Å²) in [6, 6.07) is 9.74.